The van der Waals surface area contributed by atoms with Crippen LogP contribution >= 0.6 is 11.3 Å². The molecular formula is C36H28N2OS+2. The summed E-state index contributed by atoms with van der Waals surface area (Å²) >= 11 is 1.73. The van der Waals surface area contributed by atoms with Crippen LogP contribution in [-0.4, -0.2) is 0 Å². The van der Waals surface area contributed by atoms with Gasteiger partial charge in [0.05, 0.1) is 14.4 Å². The molecule has 0 saturated carbocycles. The number of pyridine rings is 2. The zero-order valence-corrected chi connectivity index (χ0v) is 23.7. The Kier molecular flexibility index (Phi) is 3.43. The second-order valence-corrected chi connectivity index (χ2v) is 12.6. The Balaban J connectivity index is 1.55. The number of aromatic nitrogens is 2. The van der Waals surface area contributed by atoms with Crippen LogP contribution in [-0.2, 0) is 5.66 Å². The minimum Gasteiger partial charge on any atom is -0.454 e. The Hall–Kier alpha value is -4.28. The molecule has 0 radical (unpaired) electrons. The van der Waals surface area contributed by atoms with Gasteiger partial charge in [-0.15, -0.1) is 20.5 Å². The van der Waals surface area contributed by atoms with Crippen molar-refractivity contribution in [2.45, 2.75) is 40.3 Å². The van der Waals surface area contributed by atoms with Crippen LogP contribution in [0.1, 0.15) is 43.7 Å². The Morgan fingerprint density at radius 2 is 1.57 bits per heavy atom. The van der Waals surface area contributed by atoms with Crippen LogP contribution in [0.4, 0.5) is 0 Å². The van der Waals surface area contributed by atoms with Gasteiger partial charge in [0.25, 0.3) is 0 Å². The average Bonchev–Trinajstić information content (AvgIpc) is 3.70. The minimum absolute atomic E-state index is 0.0721. The van der Waals surface area contributed by atoms with Crippen LogP contribution < -0.4 is 9.13 Å². The molecule has 0 aliphatic carbocycles. The molecule has 1 unspecified atom stereocenters. The smallest absolute Gasteiger partial charge is 0.417 e. The van der Waals surface area contributed by atoms with E-state index < -0.39 is 5.66 Å². The zero-order chi connectivity index (χ0) is 30.6. The van der Waals surface area contributed by atoms with Crippen molar-refractivity contribution < 1.29 is 19.0 Å². The lowest BCUT2D eigenvalue weighted by Gasteiger charge is -2.18. The molecule has 0 bridgehead atoms. The van der Waals surface area contributed by atoms with Gasteiger partial charge >= 0.3 is 5.66 Å². The van der Waals surface area contributed by atoms with Gasteiger partial charge in [-0.25, -0.2) is 0 Å². The zero-order valence-electron chi connectivity index (χ0n) is 26.9. The fraction of sp³-hybridized carbons (Fsp3) is 0.167. The molecule has 9 rings (SSSR count). The quantitative estimate of drug-likeness (QED) is 0.178. The number of thiophene rings is 1. The topological polar surface area (TPSA) is 20.9 Å². The standard InChI is InChI=1S/C36H28N2OS/c1-19-9-10-27-29(16-19)36(38-18-21(3)20(2)17-31(27)38)28-14-13-25-26-12-11-24-22(4)23(5)40-35(24)34(26)39-33(25)32(28)30-8-6-7-15-37(30)36/h6-18H,1-5H3/q+2/i6D,7D,8D,15D. The molecule has 7 aromatic rings. The lowest BCUT2D eigenvalue weighted by atomic mass is 9.88. The minimum atomic E-state index is -1.07. The lowest BCUT2D eigenvalue weighted by molar-refractivity contribution is -0.955. The summed E-state index contributed by atoms with van der Waals surface area (Å²) < 4.78 is 48.3. The molecule has 2 aliphatic rings. The number of nitrogens with zero attached hydrogens (tertiary/aromatic N) is 2. The summed E-state index contributed by atoms with van der Waals surface area (Å²) in [7, 11) is 0. The molecule has 4 heteroatoms. The van der Waals surface area contributed by atoms with E-state index in [1.54, 1.807) is 11.3 Å². The van der Waals surface area contributed by atoms with Crippen LogP contribution in [0.5, 0.6) is 0 Å². The number of hydrogen-bond acceptors (Lipinski definition) is 2. The number of furan rings is 1. The number of rotatable bonds is 0. The van der Waals surface area contributed by atoms with Gasteiger partial charge in [0.1, 0.15) is 23.6 Å². The van der Waals surface area contributed by atoms with Crippen molar-refractivity contribution in [1.29, 1.82) is 0 Å². The molecule has 192 valence electrons. The highest BCUT2D eigenvalue weighted by atomic mass is 32.1. The van der Waals surface area contributed by atoms with E-state index in [-0.39, 0.29) is 24.3 Å². The maximum absolute atomic E-state index is 9.39. The Bertz CT molecular complexity index is 2510. The van der Waals surface area contributed by atoms with E-state index in [2.05, 4.69) is 93.9 Å². The molecule has 3 aromatic carbocycles. The second kappa shape index (κ2) is 7.26. The van der Waals surface area contributed by atoms with Gasteiger partial charge < -0.3 is 4.42 Å². The highest BCUT2D eigenvalue weighted by Gasteiger charge is 2.67. The fourth-order valence-corrected chi connectivity index (χ4v) is 8.22. The molecule has 6 heterocycles. The van der Waals surface area contributed by atoms with E-state index in [1.165, 1.54) is 15.8 Å². The third kappa shape index (κ3) is 2.44. The van der Waals surface area contributed by atoms with Crippen molar-refractivity contribution >= 4 is 43.4 Å². The first kappa shape index (κ1) is 18.9. The number of fused-ring (bicyclic) bond motifs is 16. The van der Waals surface area contributed by atoms with E-state index in [9.17, 15) is 2.74 Å². The second-order valence-electron chi connectivity index (χ2n) is 11.4. The van der Waals surface area contributed by atoms with Crippen molar-refractivity contribution in [3.8, 4) is 22.5 Å². The summed E-state index contributed by atoms with van der Waals surface area (Å²) in [4.78, 5) is 1.25. The van der Waals surface area contributed by atoms with Gasteiger partial charge in [-0.2, -0.15) is 0 Å². The van der Waals surface area contributed by atoms with Crippen LogP contribution in [0, 0.1) is 34.6 Å². The molecule has 40 heavy (non-hydrogen) atoms. The normalized spacial score (nSPS) is 18.1. The maximum atomic E-state index is 9.39. The van der Waals surface area contributed by atoms with E-state index >= 15 is 0 Å². The molecule has 0 fully saturated rings. The van der Waals surface area contributed by atoms with E-state index in [1.807, 2.05) is 4.57 Å². The van der Waals surface area contributed by atoms with E-state index in [4.69, 9.17) is 7.16 Å². The van der Waals surface area contributed by atoms with Crippen LogP contribution in [0.3, 0.4) is 0 Å². The summed E-state index contributed by atoms with van der Waals surface area (Å²) in [6.07, 6.45) is 2.04. The largest absolute Gasteiger partial charge is 0.454 e. The molecule has 0 N–H and O–H groups in total. The number of hydrogen-bond donors (Lipinski definition) is 0. The number of aryl methyl sites for hydroxylation is 5. The predicted octanol–water partition coefficient (Wildman–Crippen LogP) is 8.18. The molecular weight excluding hydrogens is 508 g/mol. The first-order valence-corrected chi connectivity index (χ1v) is 14.4. The van der Waals surface area contributed by atoms with Gasteiger partial charge in [-0.1, -0.05) is 17.7 Å². The SMILES string of the molecule is [2H]c1c([2H])c([2H])[n+]2c(c1[2H])-c1c(ccc3c1oc1c3ccc3c(C)c(C)sc31)C21c2cc(C)ccc2-c2cc(C)c(C)c[n+]21. The highest BCUT2D eigenvalue weighted by molar-refractivity contribution is 7.20. The lowest BCUT2D eigenvalue weighted by Crippen LogP contribution is -2.71. The summed E-state index contributed by atoms with van der Waals surface area (Å²) in [5.41, 5.74) is 10.1. The van der Waals surface area contributed by atoms with Crippen molar-refractivity contribution in [2.24, 2.45) is 0 Å². The van der Waals surface area contributed by atoms with Crippen molar-refractivity contribution in [2.75, 3.05) is 0 Å². The predicted molar refractivity (Wildman–Crippen MR) is 162 cm³/mol. The highest BCUT2D eigenvalue weighted by Crippen LogP contribution is 2.51. The summed E-state index contributed by atoms with van der Waals surface area (Å²) in [5.74, 6) is 0. The van der Waals surface area contributed by atoms with E-state index in [0.29, 0.717) is 11.3 Å². The summed E-state index contributed by atoms with van der Waals surface area (Å²) in [6.45, 7) is 10.5. The molecule has 1 spiro atoms. The molecule has 0 amide bonds. The van der Waals surface area contributed by atoms with Crippen LogP contribution in [0.25, 0.3) is 54.5 Å². The van der Waals surface area contributed by atoms with Crippen molar-refractivity contribution in [3.05, 3.63) is 117 Å². The maximum Gasteiger partial charge on any atom is 0.417 e. The average molecular weight is 541 g/mol. The van der Waals surface area contributed by atoms with Gasteiger partial charge in [-0.3, -0.25) is 0 Å². The molecule has 0 saturated heterocycles. The Morgan fingerprint density at radius 3 is 2.45 bits per heavy atom. The fourth-order valence-electron chi connectivity index (χ4n) is 7.08. The van der Waals surface area contributed by atoms with Crippen molar-refractivity contribution in [3.63, 3.8) is 0 Å². The van der Waals surface area contributed by atoms with Gasteiger partial charge in [0.2, 0.25) is 11.4 Å². The first-order chi connectivity index (χ1) is 21.0. The van der Waals surface area contributed by atoms with Crippen LogP contribution in [0.2, 0.25) is 0 Å². The molecule has 2 aliphatic heterocycles. The van der Waals surface area contributed by atoms with Gasteiger partial charge in [0.15, 0.2) is 18.0 Å². The third-order valence-corrected chi connectivity index (χ3v) is 10.5. The Labute approximate surface area is 242 Å². The molecule has 3 nitrogen and oxygen atoms in total. The Morgan fingerprint density at radius 1 is 0.775 bits per heavy atom. The first-order valence-electron chi connectivity index (χ1n) is 15.6. The summed E-state index contributed by atoms with van der Waals surface area (Å²) in [5, 5.41) is 3.12. The molecule has 4 aromatic heterocycles. The monoisotopic (exact) mass is 540 g/mol. The molecule has 1 atom stereocenters. The third-order valence-electron chi connectivity index (χ3n) is 9.25. The van der Waals surface area contributed by atoms with Gasteiger partial charge in [-0.05, 0) is 87.5 Å². The van der Waals surface area contributed by atoms with E-state index in [0.717, 1.165) is 65.7 Å². The van der Waals surface area contributed by atoms with Crippen LogP contribution in [0.15, 0.2) is 83.4 Å². The van der Waals surface area contributed by atoms with Gasteiger partial charge in [0, 0.05) is 39.4 Å². The summed E-state index contributed by atoms with van der Waals surface area (Å²) in [6, 6.07) is 16.5. The number of benzene rings is 3. The van der Waals surface area contributed by atoms with Crippen molar-refractivity contribution in [1.82, 2.24) is 0 Å².